The first-order chi connectivity index (χ1) is 8.79. The first-order valence-corrected chi connectivity index (χ1v) is 7.84. The quantitative estimate of drug-likeness (QED) is 0.617. The second-order valence-corrected chi connectivity index (χ2v) is 6.74. The summed E-state index contributed by atoms with van der Waals surface area (Å²) in [7, 11) is 0. The highest BCUT2D eigenvalue weighted by Gasteiger charge is 2.26. The summed E-state index contributed by atoms with van der Waals surface area (Å²) >= 11 is 4.39. The van der Waals surface area contributed by atoms with Crippen molar-refractivity contribution < 1.29 is 9.47 Å². The number of nitrogens with zero attached hydrogens (tertiary/aromatic N) is 1. The van der Waals surface area contributed by atoms with Crippen LogP contribution in [-0.2, 0) is 0 Å². The van der Waals surface area contributed by atoms with Gasteiger partial charge in [0.05, 0.1) is 4.88 Å². The molecule has 2 aromatic rings. The summed E-state index contributed by atoms with van der Waals surface area (Å²) < 4.78 is 12.2. The number of hydrogen-bond donors (Lipinski definition) is 0. The van der Waals surface area contributed by atoms with Gasteiger partial charge in [0.1, 0.15) is 22.8 Å². The van der Waals surface area contributed by atoms with Gasteiger partial charge in [0.15, 0.2) is 11.5 Å². The van der Waals surface area contributed by atoms with Gasteiger partial charge in [-0.15, -0.1) is 22.7 Å². The van der Waals surface area contributed by atoms with E-state index in [1.165, 1.54) is 10.4 Å². The lowest BCUT2D eigenvalue weighted by molar-refractivity contribution is 0.170. The predicted molar refractivity (Wildman–Crippen MR) is 74.8 cm³/mol. The number of ether oxygens (including phenoxy) is 2. The first kappa shape index (κ1) is 11.9. The Morgan fingerprint density at radius 1 is 1.33 bits per heavy atom. The number of fused-ring (bicyclic) bond motifs is 1. The highest BCUT2D eigenvalue weighted by Crippen LogP contribution is 2.53. The van der Waals surface area contributed by atoms with Crippen LogP contribution in [0.25, 0.3) is 9.75 Å². The van der Waals surface area contributed by atoms with Gasteiger partial charge in [-0.05, 0) is 23.9 Å². The minimum Gasteiger partial charge on any atom is -0.485 e. The van der Waals surface area contributed by atoms with E-state index in [0.29, 0.717) is 13.2 Å². The van der Waals surface area contributed by atoms with Crippen LogP contribution in [0.2, 0.25) is 0 Å². The number of nitriles is 1. The summed E-state index contributed by atoms with van der Waals surface area (Å²) in [5, 5.41) is 13.0. The lowest BCUT2D eigenvalue weighted by Crippen LogP contribution is -2.14. The Morgan fingerprint density at radius 2 is 2.11 bits per heavy atom. The maximum Gasteiger partial charge on any atom is 0.187 e. The second kappa shape index (κ2) is 4.84. The molecule has 0 radical (unpaired) electrons. The van der Waals surface area contributed by atoms with E-state index in [0.717, 1.165) is 32.3 Å². The monoisotopic (exact) mass is 295 g/mol. The van der Waals surface area contributed by atoms with Crippen LogP contribution in [0.3, 0.4) is 0 Å². The largest absolute Gasteiger partial charge is 0.485 e. The fraction of sp³-hybridized carbons (Fsp3) is 0.250. The Hall–Kier alpha value is -1.16. The minimum absolute atomic E-state index is 0.547. The van der Waals surface area contributed by atoms with Crippen molar-refractivity contribution in [1.82, 2.24) is 0 Å². The SMILES string of the molecule is Cc1csc(-c2sc(SC#N)c3c2OCCO3)c1. The Kier molecular flexibility index (Phi) is 3.20. The molecule has 0 aliphatic carbocycles. The Labute approximate surface area is 117 Å². The molecular formula is C12H9NO2S3. The number of rotatable bonds is 2. The van der Waals surface area contributed by atoms with Crippen molar-refractivity contribution in [3.63, 3.8) is 0 Å². The summed E-state index contributed by atoms with van der Waals surface area (Å²) in [6.45, 7) is 3.19. The van der Waals surface area contributed by atoms with E-state index in [9.17, 15) is 0 Å². The molecule has 0 saturated heterocycles. The molecule has 0 atom stereocenters. The summed E-state index contributed by atoms with van der Waals surface area (Å²) in [5.74, 6) is 1.53. The van der Waals surface area contributed by atoms with E-state index in [4.69, 9.17) is 14.7 Å². The van der Waals surface area contributed by atoms with E-state index in [1.807, 2.05) is 0 Å². The van der Waals surface area contributed by atoms with E-state index >= 15 is 0 Å². The zero-order chi connectivity index (χ0) is 12.5. The van der Waals surface area contributed by atoms with E-state index in [-0.39, 0.29) is 0 Å². The fourth-order valence-electron chi connectivity index (χ4n) is 1.75. The van der Waals surface area contributed by atoms with Crippen molar-refractivity contribution in [2.75, 3.05) is 13.2 Å². The Balaban J connectivity index is 2.12. The van der Waals surface area contributed by atoms with Crippen LogP contribution in [0.15, 0.2) is 15.7 Å². The molecule has 0 fully saturated rings. The van der Waals surface area contributed by atoms with E-state index in [1.54, 1.807) is 22.7 Å². The zero-order valence-electron chi connectivity index (χ0n) is 9.56. The van der Waals surface area contributed by atoms with Crippen LogP contribution in [-0.4, -0.2) is 13.2 Å². The van der Waals surface area contributed by atoms with Crippen molar-refractivity contribution in [1.29, 1.82) is 5.26 Å². The molecule has 1 aliphatic heterocycles. The van der Waals surface area contributed by atoms with Crippen molar-refractivity contribution in [3.05, 3.63) is 17.0 Å². The van der Waals surface area contributed by atoms with Crippen LogP contribution < -0.4 is 9.47 Å². The second-order valence-electron chi connectivity index (χ2n) is 3.76. The third-order valence-corrected chi connectivity index (χ3v) is 5.60. The fourth-order valence-corrected chi connectivity index (χ4v) is 4.54. The summed E-state index contributed by atoms with van der Waals surface area (Å²) in [6.07, 6.45) is 0. The molecule has 3 nitrogen and oxygen atoms in total. The minimum atomic E-state index is 0.547. The van der Waals surface area contributed by atoms with Gasteiger partial charge in [-0.2, -0.15) is 5.26 Å². The molecule has 2 aromatic heterocycles. The van der Waals surface area contributed by atoms with Gasteiger partial charge in [-0.25, -0.2) is 0 Å². The maximum atomic E-state index is 8.83. The molecule has 6 heteroatoms. The smallest absolute Gasteiger partial charge is 0.187 e. The van der Waals surface area contributed by atoms with Crippen LogP contribution in [0, 0.1) is 17.6 Å². The van der Waals surface area contributed by atoms with Crippen molar-refractivity contribution in [2.24, 2.45) is 0 Å². The van der Waals surface area contributed by atoms with Crippen molar-refractivity contribution in [2.45, 2.75) is 11.1 Å². The normalized spacial score (nSPS) is 13.3. The van der Waals surface area contributed by atoms with Gasteiger partial charge >= 0.3 is 0 Å². The molecule has 0 aromatic carbocycles. The van der Waals surface area contributed by atoms with E-state index in [2.05, 4.69) is 23.8 Å². The van der Waals surface area contributed by atoms with Crippen molar-refractivity contribution in [3.8, 4) is 26.7 Å². The molecule has 3 rings (SSSR count). The average molecular weight is 295 g/mol. The molecule has 0 unspecified atom stereocenters. The van der Waals surface area contributed by atoms with Crippen LogP contribution in [0.1, 0.15) is 5.56 Å². The van der Waals surface area contributed by atoms with E-state index < -0.39 is 0 Å². The number of hydrogen-bond acceptors (Lipinski definition) is 6. The number of thiocyanates is 1. The lowest BCUT2D eigenvalue weighted by Gasteiger charge is -2.16. The highest BCUT2D eigenvalue weighted by molar-refractivity contribution is 8.05. The molecular weight excluding hydrogens is 286 g/mol. The number of thioether (sulfide) groups is 1. The Morgan fingerprint density at radius 3 is 2.78 bits per heavy atom. The maximum absolute atomic E-state index is 8.83. The third kappa shape index (κ3) is 1.99. The molecule has 1 aliphatic rings. The van der Waals surface area contributed by atoms with Crippen LogP contribution in [0.4, 0.5) is 0 Å². The third-order valence-electron chi connectivity index (χ3n) is 2.46. The van der Waals surface area contributed by atoms with Gasteiger partial charge in [0, 0.05) is 16.6 Å². The topological polar surface area (TPSA) is 42.2 Å². The van der Waals surface area contributed by atoms with Gasteiger partial charge in [0.2, 0.25) is 0 Å². The number of thiophene rings is 2. The molecule has 0 bridgehead atoms. The Bertz CT molecular complexity index is 624. The predicted octanol–water partition coefficient (Wildman–Crippen LogP) is 4.13. The molecule has 0 saturated carbocycles. The summed E-state index contributed by atoms with van der Waals surface area (Å²) in [4.78, 5) is 2.24. The molecule has 0 spiro atoms. The molecule has 0 amide bonds. The van der Waals surface area contributed by atoms with Crippen LogP contribution >= 0.6 is 34.4 Å². The van der Waals surface area contributed by atoms with Gasteiger partial charge in [-0.1, -0.05) is 0 Å². The average Bonchev–Trinajstić information content (AvgIpc) is 2.95. The molecule has 3 heterocycles. The van der Waals surface area contributed by atoms with Gasteiger partial charge in [0.25, 0.3) is 0 Å². The summed E-state index contributed by atoms with van der Waals surface area (Å²) in [5.41, 5.74) is 1.24. The van der Waals surface area contributed by atoms with Gasteiger partial charge < -0.3 is 9.47 Å². The molecule has 18 heavy (non-hydrogen) atoms. The van der Waals surface area contributed by atoms with Crippen molar-refractivity contribution >= 4 is 34.4 Å². The number of aryl methyl sites for hydroxylation is 1. The first-order valence-electron chi connectivity index (χ1n) is 5.33. The lowest BCUT2D eigenvalue weighted by atomic mass is 10.3. The molecule has 92 valence electrons. The van der Waals surface area contributed by atoms with Crippen LogP contribution in [0.5, 0.6) is 11.5 Å². The standard InChI is InChI=1S/C12H9NO2S3/c1-7-4-8(16-5-7)11-9-10(15-3-2-14-9)12(18-11)17-6-13/h4-5H,2-3H2,1H3. The summed E-state index contributed by atoms with van der Waals surface area (Å²) in [6, 6.07) is 2.13. The molecule has 0 N–H and O–H groups in total. The zero-order valence-corrected chi connectivity index (χ0v) is 12.0. The highest BCUT2D eigenvalue weighted by atomic mass is 32.2. The van der Waals surface area contributed by atoms with Gasteiger partial charge in [-0.3, -0.25) is 0 Å².